The molecular weight excluding hydrogens is 483 g/mol. The number of amides is 1. The predicted octanol–water partition coefficient (Wildman–Crippen LogP) is 4.93. The Kier molecular flexibility index (Phi) is 6.54. The van der Waals surface area contributed by atoms with Crippen LogP contribution in [0.4, 0.5) is 13.2 Å². The largest absolute Gasteiger partial charge is 0.351 e. The molecule has 164 valence electrons. The van der Waals surface area contributed by atoms with E-state index in [9.17, 15) is 22.8 Å². The smallest absolute Gasteiger partial charge is 0.276 e. The van der Waals surface area contributed by atoms with Crippen molar-refractivity contribution >= 4 is 50.8 Å². The Morgan fingerprint density at radius 3 is 2.56 bits per heavy atom. The maximum Gasteiger partial charge on any atom is 0.276 e. The predicted molar refractivity (Wildman–Crippen MR) is 119 cm³/mol. The van der Waals surface area contributed by atoms with Crippen LogP contribution in [0.1, 0.15) is 5.56 Å². The zero-order valence-corrected chi connectivity index (χ0v) is 18.5. The van der Waals surface area contributed by atoms with Gasteiger partial charge in [-0.05, 0) is 41.3 Å². The van der Waals surface area contributed by atoms with Crippen LogP contribution in [0.3, 0.4) is 0 Å². The molecule has 0 saturated carbocycles. The molecule has 4 rings (SSSR count). The van der Waals surface area contributed by atoms with Gasteiger partial charge in [-0.25, -0.2) is 18.2 Å². The number of carbonyl (C=O) groups excluding carboxylic acids is 1. The third-order valence-electron chi connectivity index (χ3n) is 4.38. The summed E-state index contributed by atoms with van der Waals surface area (Å²) in [6.07, 6.45) is 0. The minimum Gasteiger partial charge on any atom is -0.351 e. The summed E-state index contributed by atoms with van der Waals surface area (Å²) in [5.74, 6) is -2.70. The Morgan fingerprint density at radius 2 is 1.84 bits per heavy atom. The van der Waals surface area contributed by atoms with Gasteiger partial charge in [0.1, 0.15) is 22.2 Å². The Balaban J connectivity index is 1.58. The van der Waals surface area contributed by atoms with Crippen molar-refractivity contribution in [3.8, 4) is 5.69 Å². The van der Waals surface area contributed by atoms with Gasteiger partial charge in [0.05, 0.1) is 17.0 Å². The van der Waals surface area contributed by atoms with Gasteiger partial charge < -0.3 is 5.32 Å². The second-order valence-electron chi connectivity index (χ2n) is 6.60. The number of nitrogens with one attached hydrogen (secondary N) is 1. The van der Waals surface area contributed by atoms with Crippen LogP contribution < -0.4 is 10.9 Å². The highest BCUT2D eigenvalue weighted by atomic mass is 35.5. The number of thiophene rings is 1. The zero-order valence-electron chi connectivity index (χ0n) is 16.1. The molecule has 0 atom stereocenters. The maximum atomic E-state index is 13.8. The molecule has 0 radical (unpaired) electrons. The van der Waals surface area contributed by atoms with E-state index in [2.05, 4.69) is 10.3 Å². The van der Waals surface area contributed by atoms with Crippen LogP contribution in [0.25, 0.3) is 15.9 Å². The number of nitrogens with zero attached hydrogens (tertiary/aromatic N) is 2. The second-order valence-corrected chi connectivity index (χ2v) is 8.86. The quantitative estimate of drug-likeness (QED) is 0.304. The minimum atomic E-state index is -0.844. The molecule has 4 aromatic rings. The molecule has 2 aromatic carbocycles. The molecule has 0 aliphatic carbocycles. The standard InChI is InChI=1S/C21H13ClF3N3O2S2/c22-16-8-12(23)2-1-11(16)9-26-18(29)10-32-21-27-17-3-4-31-19(17)20(30)28(21)15-6-13(24)5-14(25)7-15/h1-8H,9-10H2,(H,26,29). The first-order valence-electron chi connectivity index (χ1n) is 9.12. The van der Waals surface area contributed by atoms with E-state index in [-0.39, 0.29) is 28.2 Å². The molecule has 0 unspecified atom stereocenters. The Hall–Kier alpha value is -2.82. The fourth-order valence-corrected chi connectivity index (χ4v) is 4.76. The number of halogens is 4. The first-order valence-corrected chi connectivity index (χ1v) is 11.4. The minimum absolute atomic E-state index is 0.0312. The fraction of sp³-hybridized carbons (Fsp3) is 0.0952. The lowest BCUT2D eigenvalue weighted by Crippen LogP contribution is -2.26. The molecular formula is C21H13ClF3N3O2S2. The maximum absolute atomic E-state index is 13.8. The van der Waals surface area contributed by atoms with Gasteiger partial charge in [0.25, 0.3) is 5.56 Å². The van der Waals surface area contributed by atoms with Gasteiger partial charge in [0.15, 0.2) is 5.16 Å². The van der Waals surface area contributed by atoms with Crippen LogP contribution in [0.2, 0.25) is 5.02 Å². The van der Waals surface area contributed by atoms with Gasteiger partial charge in [-0.2, -0.15) is 0 Å². The van der Waals surface area contributed by atoms with Gasteiger partial charge in [0.2, 0.25) is 5.91 Å². The molecule has 0 aliphatic rings. The SMILES string of the molecule is O=C(CSc1nc2ccsc2c(=O)n1-c1cc(F)cc(F)c1)NCc1ccc(F)cc1Cl. The lowest BCUT2D eigenvalue weighted by molar-refractivity contribution is -0.118. The highest BCUT2D eigenvalue weighted by molar-refractivity contribution is 7.99. The summed E-state index contributed by atoms with van der Waals surface area (Å²) in [7, 11) is 0. The van der Waals surface area contributed by atoms with E-state index in [1.54, 1.807) is 11.4 Å². The number of fused-ring (bicyclic) bond motifs is 1. The summed E-state index contributed by atoms with van der Waals surface area (Å²) < 4.78 is 42.1. The molecule has 5 nitrogen and oxygen atoms in total. The van der Waals surface area contributed by atoms with E-state index in [1.165, 1.54) is 12.1 Å². The summed E-state index contributed by atoms with van der Waals surface area (Å²) in [4.78, 5) is 29.7. The number of rotatable bonds is 6. The highest BCUT2D eigenvalue weighted by Crippen LogP contribution is 2.24. The van der Waals surface area contributed by atoms with Gasteiger partial charge in [0, 0.05) is 17.6 Å². The van der Waals surface area contributed by atoms with Gasteiger partial charge in [-0.3, -0.25) is 14.2 Å². The molecule has 0 saturated heterocycles. The van der Waals surface area contributed by atoms with E-state index in [0.29, 0.717) is 21.8 Å². The lowest BCUT2D eigenvalue weighted by atomic mass is 10.2. The molecule has 0 aliphatic heterocycles. The van der Waals surface area contributed by atoms with Crippen molar-refractivity contribution in [1.82, 2.24) is 14.9 Å². The van der Waals surface area contributed by atoms with Crippen molar-refractivity contribution in [3.63, 3.8) is 0 Å². The van der Waals surface area contributed by atoms with E-state index < -0.39 is 28.9 Å². The average Bonchev–Trinajstić information content (AvgIpc) is 3.20. The molecule has 0 spiro atoms. The van der Waals surface area contributed by atoms with Crippen molar-refractivity contribution in [2.45, 2.75) is 11.7 Å². The van der Waals surface area contributed by atoms with Crippen molar-refractivity contribution in [2.75, 3.05) is 5.75 Å². The van der Waals surface area contributed by atoms with E-state index >= 15 is 0 Å². The number of hydrogen-bond acceptors (Lipinski definition) is 5. The fourth-order valence-electron chi connectivity index (χ4n) is 2.92. The molecule has 2 heterocycles. The Morgan fingerprint density at radius 1 is 1.09 bits per heavy atom. The zero-order chi connectivity index (χ0) is 22.8. The molecule has 0 fully saturated rings. The van der Waals surface area contributed by atoms with Crippen LogP contribution in [-0.4, -0.2) is 21.2 Å². The Labute approximate surface area is 192 Å². The van der Waals surface area contributed by atoms with Crippen molar-refractivity contribution in [2.24, 2.45) is 0 Å². The topological polar surface area (TPSA) is 64.0 Å². The number of benzene rings is 2. The highest BCUT2D eigenvalue weighted by Gasteiger charge is 2.17. The van der Waals surface area contributed by atoms with Crippen LogP contribution in [0.5, 0.6) is 0 Å². The van der Waals surface area contributed by atoms with Crippen molar-refractivity contribution in [3.05, 3.63) is 86.2 Å². The van der Waals surface area contributed by atoms with Gasteiger partial charge in [-0.1, -0.05) is 29.4 Å². The molecule has 32 heavy (non-hydrogen) atoms. The number of carbonyl (C=O) groups is 1. The summed E-state index contributed by atoms with van der Waals surface area (Å²) in [6.45, 7) is 0.0808. The van der Waals surface area contributed by atoms with Crippen LogP contribution in [0, 0.1) is 17.5 Å². The summed E-state index contributed by atoms with van der Waals surface area (Å²) >= 11 is 8.06. The number of aromatic nitrogens is 2. The van der Waals surface area contributed by atoms with Crippen LogP contribution >= 0.6 is 34.7 Å². The molecule has 2 aromatic heterocycles. The third-order valence-corrected chi connectivity index (χ3v) is 6.56. The molecule has 1 amide bonds. The average molecular weight is 496 g/mol. The van der Waals surface area contributed by atoms with Gasteiger partial charge in [-0.15, -0.1) is 11.3 Å². The molecule has 1 N–H and O–H groups in total. The van der Waals surface area contributed by atoms with E-state index in [0.717, 1.165) is 45.9 Å². The number of hydrogen-bond donors (Lipinski definition) is 1. The first-order chi connectivity index (χ1) is 15.3. The summed E-state index contributed by atoms with van der Waals surface area (Å²) in [6, 6.07) is 8.24. The van der Waals surface area contributed by atoms with E-state index in [4.69, 9.17) is 11.6 Å². The Bertz CT molecular complexity index is 1370. The van der Waals surface area contributed by atoms with Gasteiger partial charge >= 0.3 is 0 Å². The van der Waals surface area contributed by atoms with Crippen molar-refractivity contribution in [1.29, 1.82) is 0 Å². The summed E-state index contributed by atoms with van der Waals surface area (Å²) in [5.41, 5.74) is 0.442. The first kappa shape index (κ1) is 22.4. The normalized spacial score (nSPS) is 11.1. The summed E-state index contributed by atoms with van der Waals surface area (Å²) in [5, 5.41) is 4.63. The van der Waals surface area contributed by atoms with Crippen molar-refractivity contribution < 1.29 is 18.0 Å². The second kappa shape index (κ2) is 9.35. The third kappa shape index (κ3) is 4.82. The lowest BCUT2D eigenvalue weighted by Gasteiger charge is -2.12. The molecule has 11 heteroatoms. The monoisotopic (exact) mass is 495 g/mol. The number of thioether (sulfide) groups is 1. The van der Waals surface area contributed by atoms with Crippen LogP contribution in [0.15, 0.2) is 57.8 Å². The van der Waals surface area contributed by atoms with E-state index in [1.807, 2.05) is 0 Å². The molecule has 0 bridgehead atoms. The van der Waals surface area contributed by atoms with Crippen LogP contribution in [-0.2, 0) is 11.3 Å².